The lowest BCUT2D eigenvalue weighted by Crippen LogP contribution is -2.32. The largest absolute Gasteiger partial charge is 0.481 e. The van der Waals surface area contributed by atoms with Gasteiger partial charge in [0.2, 0.25) is 0 Å². The van der Waals surface area contributed by atoms with E-state index in [0.717, 1.165) is 11.4 Å². The van der Waals surface area contributed by atoms with Crippen LogP contribution in [0.5, 0.6) is 5.75 Å². The van der Waals surface area contributed by atoms with Gasteiger partial charge >= 0.3 is 0 Å². The molecular weight excluding hydrogens is 234 g/mol. The molecule has 0 fully saturated rings. The van der Waals surface area contributed by atoms with Gasteiger partial charge in [0.25, 0.3) is 0 Å². The molecule has 2 nitrogen and oxygen atoms in total. The Balaban J connectivity index is 1.94. The molecule has 2 heteroatoms. The lowest BCUT2D eigenvalue weighted by Gasteiger charge is -2.33. The highest BCUT2D eigenvalue weighted by Crippen LogP contribution is 2.37. The third-order valence-electron chi connectivity index (χ3n) is 3.63. The van der Waals surface area contributed by atoms with Gasteiger partial charge in [0.05, 0.1) is 11.7 Å². The van der Waals surface area contributed by atoms with Gasteiger partial charge in [-0.25, -0.2) is 0 Å². The zero-order chi connectivity index (χ0) is 13.4. The van der Waals surface area contributed by atoms with Crippen molar-refractivity contribution in [3.63, 3.8) is 0 Å². The Kier molecular flexibility index (Phi) is 2.94. The van der Waals surface area contributed by atoms with E-state index in [4.69, 9.17) is 4.74 Å². The summed E-state index contributed by atoms with van der Waals surface area (Å²) in [5, 5.41) is 3.53. The van der Waals surface area contributed by atoms with Crippen LogP contribution in [0, 0.1) is 13.8 Å². The van der Waals surface area contributed by atoms with Crippen LogP contribution in [0.4, 0.5) is 5.69 Å². The third kappa shape index (κ3) is 2.30. The fourth-order valence-corrected chi connectivity index (χ4v) is 2.52. The molecule has 2 atom stereocenters. The third-order valence-corrected chi connectivity index (χ3v) is 3.63. The average Bonchev–Trinajstić information content (AvgIpc) is 2.40. The van der Waals surface area contributed by atoms with Crippen molar-refractivity contribution in [3.8, 4) is 5.75 Å². The van der Waals surface area contributed by atoms with Crippen molar-refractivity contribution in [3.05, 3.63) is 59.2 Å². The van der Waals surface area contributed by atoms with Gasteiger partial charge in [-0.2, -0.15) is 0 Å². The van der Waals surface area contributed by atoms with E-state index in [1.54, 1.807) is 0 Å². The van der Waals surface area contributed by atoms with Gasteiger partial charge in [-0.05, 0) is 44.0 Å². The van der Waals surface area contributed by atoms with Crippen LogP contribution >= 0.6 is 0 Å². The molecule has 1 aliphatic rings. The van der Waals surface area contributed by atoms with Crippen LogP contribution in [0.25, 0.3) is 0 Å². The first kappa shape index (κ1) is 12.1. The average molecular weight is 253 g/mol. The number of anilines is 1. The predicted molar refractivity (Wildman–Crippen MR) is 78.8 cm³/mol. The van der Waals surface area contributed by atoms with E-state index >= 15 is 0 Å². The maximum Gasteiger partial charge on any atom is 0.144 e. The molecule has 2 aromatic rings. The zero-order valence-electron chi connectivity index (χ0n) is 11.6. The Morgan fingerprint density at radius 3 is 2.37 bits per heavy atom. The summed E-state index contributed by atoms with van der Waals surface area (Å²) in [7, 11) is 0. The van der Waals surface area contributed by atoms with Crippen LogP contribution in [0.3, 0.4) is 0 Å². The van der Waals surface area contributed by atoms with E-state index in [1.165, 1.54) is 16.7 Å². The van der Waals surface area contributed by atoms with Crippen LogP contribution in [0.15, 0.2) is 42.5 Å². The quantitative estimate of drug-likeness (QED) is 0.821. The maximum absolute atomic E-state index is 6.19. The number of hydrogen-bond donors (Lipinski definition) is 1. The minimum Gasteiger partial charge on any atom is -0.481 e. The minimum atomic E-state index is 0.0647. The Bertz CT molecular complexity index is 589. The van der Waals surface area contributed by atoms with Crippen molar-refractivity contribution >= 4 is 5.69 Å². The summed E-state index contributed by atoms with van der Waals surface area (Å²) in [6.07, 6.45) is 0.0647. The molecule has 2 unspecified atom stereocenters. The first-order valence-corrected chi connectivity index (χ1v) is 6.74. The molecule has 0 saturated carbocycles. The molecule has 0 saturated heterocycles. The van der Waals surface area contributed by atoms with Crippen molar-refractivity contribution in [1.82, 2.24) is 0 Å². The highest BCUT2D eigenvalue weighted by atomic mass is 16.5. The number of rotatable bonds is 1. The van der Waals surface area contributed by atoms with E-state index in [9.17, 15) is 0 Å². The van der Waals surface area contributed by atoms with Gasteiger partial charge in [-0.3, -0.25) is 0 Å². The molecule has 2 aromatic carbocycles. The predicted octanol–water partition coefficient (Wildman–Crippen LogP) is 4.24. The summed E-state index contributed by atoms with van der Waals surface area (Å²) in [5.41, 5.74) is 4.80. The first-order valence-electron chi connectivity index (χ1n) is 6.74. The second-order valence-corrected chi connectivity index (χ2v) is 5.38. The van der Waals surface area contributed by atoms with Gasteiger partial charge in [0, 0.05) is 0 Å². The van der Waals surface area contributed by atoms with Crippen LogP contribution in [0.1, 0.15) is 29.7 Å². The van der Waals surface area contributed by atoms with E-state index in [2.05, 4.69) is 68.6 Å². The highest BCUT2D eigenvalue weighted by molar-refractivity contribution is 5.60. The number of nitrogens with one attached hydrogen (secondary N) is 1. The topological polar surface area (TPSA) is 21.3 Å². The molecule has 0 bridgehead atoms. The Hall–Kier alpha value is -1.96. The molecular formula is C17H19NO. The smallest absolute Gasteiger partial charge is 0.144 e. The standard InChI is InChI=1S/C17H19NO/c1-11-4-7-14(8-5-11)17-13(3)18-15-9-6-12(2)10-16(15)19-17/h4-10,13,17-18H,1-3H3. The van der Waals surface area contributed by atoms with Crippen LogP contribution in [0.2, 0.25) is 0 Å². The molecule has 0 spiro atoms. The summed E-state index contributed by atoms with van der Waals surface area (Å²) in [4.78, 5) is 0. The van der Waals surface area contributed by atoms with Crippen molar-refractivity contribution in [2.75, 3.05) is 5.32 Å². The lowest BCUT2D eigenvalue weighted by molar-refractivity contribution is 0.177. The molecule has 0 radical (unpaired) electrons. The van der Waals surface area contributed by atoms with Crippen molar-refractivity contribution < 1.29 is 4.74 Å². The monoisotopic (exact) mass is 253 g/mol. The second-order valence-electron chi connectivity index (χ2n) is 5.38. The minimum absolute atomic E-state index is 0.0647. The fraction of sp³-hybridized carbons (Fsp3) is 0.294. The second kappa shape index (κ2) is 4.61. The first-order chi connectivity index (χ1) is 9.13. The molecule has 98 valence electrons. The highest BCUT2D eigenvalue weighted by Gasteiger charge is 2.27. The molecule has 0 amide bonds. The summed E-state index contributed by atoms with van der Waals surface area (Å²) < 4.78 is 6.19. The van der Waals surface area contributed by atoms with Crippen molar-refractivity contribution in [2.45, 2.75) is 32.9 Å². The molecule has 1 heterocycles. The van der Waals surface area contributed by atoms with Crippen LogP contribution in [-0.4, -0.2) is 6.04 Å². The fourth-order valence-electron chi connectivity index (χ4n) is 2.52. The van der Waals surface area contributed by atoms with E-state index in [1.807, 2.05) is 0 Å². The van der Waals surface area contributed by atoms with Crippen LogP contribution in [-0.2, 0) is 0 Å². The number of fused-ring (bicyclic) bond motifs is 1. The normalized spacial score (nSPS) is 21.2. The van der Waals surface area contributed by atoms with E-state index in [0.29, 0.717) is 0 Å². The van der Waals surface area contributed by atoms with Gasteiger partial charge < -0.3 is 10.1 Å². The summed E-state index contributed by atoms with van der Waals surface area (Å²) in [6.45, 7) is 6.35. The summed E-state index contributed by atoms with van der Waals surface area (Å²) in [6, 6.07) is 15.1. The summed E-state index contributed by atoms with van der Waals surface area (Å²) >= 11 is 0. The lowest BCUT2D eigenvalue weighted by atomic mass is 9.99. The number of aryl methyl sites for hydroxylation is 2. The van der Waals surface area contributed by atoms with Gasteiger partial charge in [0.15, 0.2) is 0 Å². The van der Waals surface area contributed by atoms with E-state index in [-0.39, 0.29) is 12.1 Å². The maximum atomic E-state index is 6.19. The number of hydrogen-bond acceptors (Lipinski definition) is 2. The van der Waals surface area contributed by atoms with Gasteiger partial charge in [-0.15, -0.1) is 0 Å². The van der Waals surface area contributed by atoms with Crippen molar-refractivity contribution in [2.24, 2.45) is 0 Å². The Labute approximate surface area is 114 Å². The number of benzene rings is 2. The number of ether oxygens (including phenoxy) is 1. The molecule has 3 rings (SSSR count). The van der Waals surface area contributed by atoms with Gasteiger partial charge in [-0.1, -0.05) is 35.9 Å². The van der Waals surface area contributed by atoms with Gasteiger partial charge in [0.1, 0.15) is 11.9 Å². The Morgan fingerprint density at radius 1 is 0.947 bits per heavy atom. The summed E-state index contributed by atoms with van der Waals surface area (Å²) in [5.74, 6) is 0.948. The SMILES string of the molecule is Cc1ccc(C2Oc3cc(C)ccc3NC2C)cc1. The molecule has 1 aliphatic heterocycles. The molecule has 1 N–H and O–H groups in total. The van der Waals surface area contributed by atoms with E-state index < -0.39 is 0 Å². The molecule has 0 aromatic heterocycles. The molecule has 19 heavy (non-hydrogen) atoms. The Morgan fingerprint density at radius 2 is 1.63 bits per heavy atom. The van der Waals surface area contributed by atoms with Crippen LogP contribution < -0.4 is 10.1 Å². The molecule has 0 aliphatic carbocycles. The zero-order valence-corrected chi connectivity index (χ0v) is 11.6. The van der Waals surface area contributed by atoms with Crippen molar-refractivity contribution in [1.29, 1.82) is 0 Å².